The van der Waals surface area contributed by atoms with Gasteiger partial charge in [-0.3, -0.25) is 9.36 Å². The van der Waals surface area contributed by atoms with Gasteiger partial charge in [-0.1, -0.05) is 30.0 Å². The normalized spacial score (nSPS) is 10.6. The molecule has 0 saturated carbocycles. The maximum Gasteiger partial charge on any atom is 0.234 e. The van der Waals surface area contributed by atoms with Crippen molar-refractivity contribution < 1.29 is 9.53 Å². The molecule has 3 aromatic rings. The van der Waals surface area contributed by atoms with E-state index in [0.717, 1.165) is 5.69 Å². The zero-order valence-corrected chi connectivity index (χ0v) is 15.7. The van der Waals surface area contributed by atoms with E-state index in [9.17, 15) is 4.79 Å². The van der Waals surface area contributed by atoms with E-state index in [2.05, 4.69) is 41.5 Å². The van der Waals surface area contributed by atoms with Crippen molar-refractivity contribution >= 4 is 23.4 Å². The number of ether oxygens (including phenoxy) is 1. The number of hydrogen-bond donors (Lipinski definition) is 1. The average molecular weight is 368 g/mol. The van der Waals surface area contributed by atoms with Crippen molar-refractivity contribution in [2.75, 3.05) is 18.2 Å². The summed E-state index contributed by atoms with van der Waals surface area (Å²) >= 11 is 1.34. The number of benzene rings is 2. The Morgan fingerprint density at radius 1 is 1.19 bits per heavy atom. The van der Waals surface area contributed by atoms with E-state index < -0.39 is 0 Å². The molecule has 6 nitrogen and oxygen atoms in total. The molecule has 134 valence electrons. The first-order valence-corrected chi connectivity index (χ1v) is 9.10. The Balaban J connectivity index is 1.68. The molecule has 0 fully saturated rings. The van der Waals surface area contributed by atoms with Crippen LogP contribution in [0.4, 0.5) is 5.69 Å². The minimum absolute atomic E-state index is 0.130. The topological polar surface area (TPSA) is 69.0 Å². The molecule has 1 amide bonds. The van der Waals surface area contributed by atoms with Gasteiger partial charge in [0.25, 0.3) is 0 Å². The SMILES string of the molecule is COc1ccccc1NC(=O)CSc1nncn1-c1ccc(C)c(C)c1. The summed E-state index contributed by atoms with van der Waals surface area (Å²) < 4.78 is 7.13. The van der Waals surface area contributed by atoms with Crippen molar-refractivity contribution in [1.82, 2.24) is 14.8 Å². The number of thioether (sulfide) groups is 1. The maximum atomic E-state index is 12.3. The number of hydrogen-bond acceptors (Lipinski definition) is 5. The lowest BCUT2D eigenvalue weighted by Gasteiger charge is -2.10. The molecule has 0 aliphatic rings. The van der Waals surface area contributed by atoms with Crippen molar-refractivity contribution in [2.45, 2.75) is 19.0 Å². The Bertz CT molecular complexity index is 923. The Hall–Kier alpha value is -2.80. The van der Waals surface area contributed by atoms with Gasteiger partial charge >= 0.3 is 0 Å². The van der Waals surface area contributed by atoms with Gasteiger partial charge in [0, 0.05) is 5.69 Å². The lowest BCUT2D eigenvalue weighted by atomic mass is 10.1. The van der Waals surface area contributed by atoms with Crippen molar-refractivity contribution in [3.8, 4) is 11.4 Å². The van der Waals surface area contributed by atoms with E-state index in [0.29, 0.717) is 16.6 Å². The monoisotopic (exact) mass is 368 g/mol. The number of amides is 1. The fourth-order valence-corrected chi connectivity index (χ4v) is 3.17. The van der Waals surface area contributed by atoms with Gasteiger partial charge in [0.05, 0.1) is 18.6 Å². The van der Waals surface area contributed by atoms with Gasteiger partial charge in [-0.25, -0.2) is 0 Å². The summed E-state index contributed by atoms with van der Waals surface area (Å²) in [6, 6.07) is 13.5. The minimum Gasteiger partial charge on any atom is -0.495 e. The first kappa shape index (κ1) is 18.0. The fraction of sp³-hybridized carbons (Fsp3) is 0.211. The summed E-state index contributed by atoms with van der Waals surface area (Å²) in [6.45, 7) is 4.14. The third-order valence-corrected chi connectivity index (χ3v) is 4.94. The molecule has 1 N–H and O–H groups in total. The van der Waals surface area contributed by atoms with Gasteiger partial charge in [-0.15, -0.1) is 10.2 Å². The van der Waals surface area contributed by atoms with Gasteiger partial charge in [0.2, 0.25) is 5.91 Å². The van der Waals surface area contributed by atoms with Crippen LogP contribution in [0.1, 0.15) is 11.1 Å². The zero-order valence-electron chi connectivity index (χ0n) is 14.9. The molecule has 0 saturated heterocycles. The summed E-state index contributed by atoms with van der Waals surface area (Å²) in [4.78, 5) is 12.3. The number of aryl methyl sites for hydroxylation is 2. The lowest BCUT2D eigenvalue weighted by molar-refractivity contribution is -0.113. The van der Waals surface area contributed by atoms with Gasteiger partial charge in [0.1, 0.15) is 12.1 Å². The van der Waals surface area contributed by atoms with Gasteiger partial charge < -0.3 is 10.1 Å². The van der Waals surface area contributed by atoms with Crippen LogP contribution in [0, 0.1) is 13.8 Å². The predicted molar refractivity (Wildman–Crippen MR) is 103 cm³/mol. The summed E-state index contributed by atoms with van der Waals surface area (Å²) in [6.07, 6.45) is 1.66. The predicted octanol–water partition coefficient (Wildman–Crippen LogP) is 3.62. The smallest absolute Gasteiger partial charge is 0.234 e. The first-order chi connectivity index (χ1) is 12.6. The summed E-state index contributed by atoms with van der Waals surface area (Å²) in [5.41, 5.74) is 4.05. The molecule has 2 aromatic carbocycles. The van der Waals surface area contributed by atoms with E-state index in [1.54, 1.807) is 25.6 Å². The van der Waals surface area contributed by atoms with Crippen LogP contribution in [0.2, 0.25) is 0 Å². The summed E-state index contributed by atoms with van der Waals surface area (Å²) in [5, 5.41) is 11.6. The molecule has 0 spiro atoms. The number of anilines is 1. The molecule has 7 heteroatoms. The molecule has 0 atom stereocenters. The quantitative estimate of drug-likeness (QED) is 0.673. The highest BCUT2D eigenvalue weighted by Crippen LogP contribution is 2.25. The van der Waals surface area contributed by atoms with E-state index in [1.807, 2.05) is 22.8 Å². The van der Waals surface area contributed by atoms with Crippen LogP contribution in [0.25, 0.3) is 5.69 Å². The summed E-state index contributed by atoms with van der Waals surface area (Å²) in [5.74, 6) is 0.722. The molecule has 1 aromatic heterocycles. The molecule has 0 bridgehead atoms. The molecular weight excluding hydrogens is 348 g/mol. The third-order valence-electron chi connectivity index (χ3n) is 4.00. The third kappa shape index (κ3) is 4.05. The maximum absolute atomic E-state index is 12.3. The van der Waals surface area contributed by atoms with Crippen molar-refractivity contribution in [2.24, 2.45) is 0 Å². The van der Waals surface area contributed by atoms with Crippen LogP contribution in [-0.4, -0.2) is 33.5 Å². The highest BCUT2D eigenvalue weighted by atomic mass is 32.2. The molecule has 3 rings (SSSR count). The number of nitrogens with zero attached hydrogens (tertiary/aromatic N) is 3. The Morgan fingerprint density at radius 2 is 2.00 bits per heavy atom. The number of aromatic nitrogens is 3. The second-order valence-electron chi connectivity index (χ2n) is 5.79. The van der Waals surface area contributed by atoms with Crippen LogP contribution in [0.5, 0.6) is 5.75 Å². The highest BCUT2D eigenvalue weighted by Gasteiger charge is 2.12. The molecular formula is C19H20N4O2S. The van der Waals surface area contributed by atoms with Gasteiger partial charge in [0.15, 0.2) is 5.16 Å². The van der Waals surface area contributed by atoms with E-state index in [-0.39, 0.29) is 11.7 Å². The standard InChI is InChI=1S/C19H20N4O2S/c1-13-8-9-15(10-14(13)2)23-12-20-22-19(23)26-11-18(24)21-16-6-4-5-7-17(16)25-3/h4-10,12H,11H2,1-3H3,(H,21,24). The zero-order chi connectivity index (χ0) is 18.5. The van der Waals surface area contributed by atoms with Gasteiger partial charge in [-0.2, -0.15) is 0 Å². The molecule has 0 radical (unpaired) electrons. The average Bonchev–Trinajstić information content (AvgIpc) is 3.11. The second-order valence-corrected chi connectivity index (χ2v) is 6.73. The number of methoxy groups -OCH3 is 1. The molecule has 26 heavy (non-hydrogen) atoms. The van der Waals surface area contributed by atoms with Crippen LogP contribution in [0.3, 0.4) is 0 Å². The van der Waals surface area contributed by atoms with Crippen LogP contribution in [-0.2, 0) is 4.79 Å². The van der Waals surface area contributed by atoms with Crippen LogP contribution < -0.4 is 10.1 Å². The Labute approximate surface area is 156 Å². The molecule has 1 heterocycles. The number of rotatable bonds is 6. The number of carbonyl (C=O) groups excluding carboxylic acids is 1. The Morgan fingerprint density at radius 3 is 2.77 bits per heavy atom. The van der Waals surface area contributed by atoms with Crippen LogP contribution >= 0.6 is 11.8 Å². The van der Waals surface area contributed by atoms with Crippen molar-refractivity contribution in [3.05, 3.63) is 59.9 Å². The number of para-hydroxylation sites is 2. The molecule has 0 unspecified atom stereocenters. The number of carbonyl (C=O) groups is 1. The van der Waals surface area contributed by atoms with Crippen molar-refractivity contribution in [3.63, 3.8) is 0 Å². The summed E-state index contributed by atoms with van der Waals surface area (Å²) in [7, 11) is 1.58. The van der Waals surface area contributed by atoms with Gasteiger partial charge in [-0.05, 0) is 49.2 Å². The lowest BCUT2D eigenvalue weighted by Crippen LogP contribution is -2.15. The second kappa shape index (κ2) is 8.05. The molecule has 0 aliphatic carbocycles. The highest BCUT2D eigenvalue weighted by molar-refractivity contribution is 7.99. The van der Waals surface area contributed by atoms with E-state index >= 15 is 0 Å². The largest absolute Gasteiger partial charge is 0.495 e. The Kier molecular flexibility index (Phi) is 5.58. The van der Waals surface area contributed by atoms with Crippen LogP contribution in [0.15, 0.2) is 53.9 Å². The number of nitrogens with one attached hydrogen (secondary N) is 1. The first-order valence-electron chi connectivity index (χ1n) is 8.12. The fourth-order valence-electron chi connectivity index (χ4n) is 2.44. The van der Waals surface area contributed by atoms with E-state index in [1.165, 1.54) is 22.9 Å². The van der Waals surface area contributed by atoms with E-state index in [4.69, 9.17) is 4.74 Å². The van der Waals surface area contributed by atoms with Crippen molar-refractivity contribution in [1.29, 1.82) is 0 Å². The minimum atomic E-state index is -0.130. The molecule has 0 aliphatic heterocycles.